The van der Waals surface area contributed by atoms with Crippen molar-refractivity contribution in [2.45, 2.75) is 115 Å². The van der Waals surface area contributed by atoms with Gasteiger partial charge < -0.3 is 34.1 Å². The fourth-order valence-electron chi connectivity index (χ4n) is 11.7. The fourth-order valence-corrected chi connectivity index (χ4v) is 12.7. The number of hydrogen-bond acceptors (Lipinski definition) is 13. The minimum Gasteiger partial charge on any atom is -0.464 e. The number of esters is 1. The highest BCUT2D eigenvalue weighted by atomic mass is 35.5. The summed E-state index contributed by atoms with van der Waals surface area (Å²) in [5, 5.41) is 6.04. The molecule has 2 N–H and O–H groups in total. The number of anilines is 1. The van der Waals surface area contributed by atoms with E-state index in [0.29, 0.717) is 17.7 Å². The van der Waals surface area contributed by atoms with E-state index < -0.39 is 107 Å². The van der Waals surface area contributed by atoms with E-state index in [9.17, 15) is 41.5 Å². The average molecular weight is 1170 g/mol. The summed E-state index contributed by atoms with van der Waals surface area (Å²) in [4.78, 5) is 84.8. The van der Waals surface area contributed by atoms with E-state index in [4.69, 9.17) is 31.0 Å². The molecule has 1 spiro atoms. The summed E-state index contributed by atoms with van der Waals surface area (Å²) in [6.07, 6.45) is -8.06. The first-order valence-electron chi connectivity index (χ1n) is 26.4. The van der Waals surface area contributed by atoms with Gasteiger partial charge in [-0.1, -0.05) is 39.3 Å². The zero-order chi connectivity index (χ0) is 58.0. The van der Waals surface area contributed by atoms with Gasteiger partial charge in [0.15, 0.2) is 0 Å². The quantitative estimate of drug-likeness (QED) is 0.0881. The molecule has 3 aromatic heterocycles. The number of likely N-dealkylation sites (tertiary alicyclic amines) is 2. The minimum absolute atomic E-state index is 0.0174. The number of rotatable bonds is 11. The van der Waals surface area contributed by atoms with Crippen molar-refractivity contribution >= 4 is 69.1 Å². The van der Waals surface area contributed by atoms with E-state index in [-0.39, 0.29) is 129 Å². The van der Waals surface area contributed by atoms with Gasteiger partial charge >= 0.3 is 18.3 Å². The van der Waals surface area contributed by atoms with Crippen molar-refractivity contribution in [2.24, 2.45) is 16.7 Å². The molecule has 4 fully saturated rings. The Kier molecular flexibility index (Phi) is 16.6. The van der Waals surface area contributed by atoms with Crippen LogP contribution in [0.1, 0.15) is 76.3 Å². The largest absolute Gasteiger partial charge is 0.464 e. The maximum atomic E-state index is 17.0. The third kappa shape index (κ3) is 12.2. The van der Waals surface area contributed by atoms with Crippen LogP contribution in [0.2, 0.25) is 0 Å². The number of piperazine rings is 1. The molecule has 80 heavy (non-hydrogen) atoms. The predicted octanol–water partition coefficient (Wildman–Crippen LogP) is 7.19. The Morgan fingerprint density at radius 3 is 2.33 bits per heavy atom. The molecule has 1 aromatic carbocycles. The van der Waals surface area contributed by atoms with Gasteiger partial charge in [-0.2, -0.15) is 26.3 Å². The molecule has 27 heteroatoms. The zero-order valence-electron chi connectivity index (χ0n) is 44.9. The predicted molar refractivity (Wildman–Crippen MR) is 279 cm³/mol. The normalized spacial score (nSPS) is 22.4. The number of carbonyl (C=O) groups excluding carboxylic acids is 5. The molecule has 17 nitrogen and oxygen atoms in total. The second kappa shape index (κ2) is 22.6. The van der Waals surface area contributed by atoms with Crippen LogP contribution >= 0.6 is 22.9 Å². The summed E-state index contributed by atoms with van der Waals surface area (Å²) in [6, 6.07) is 0.504. The number of carbonyl (C=O) groups is 5. The maximum Gasteiger partial charge on any atom is 0.406 e. The zero-order valence-corrected chi connectivity index (χ0v) is 46.5. The lowest BCUT2D eigenvalue weighted by molar-refractivity contribution is -0.158. The number of halogens is 9. The Hall–Kier alpha value is -5.70. The molecule has 5 aliphatic rings. The van der Waals surface area contributed by atoms with Gasteiger partial charge in [-0.3, -0.25) is 38.9 Å². The number of nitrogens with one attached hydrogen (secondary N) is 2. The lowest BCUT2D eigenvalue weighted by Gasteiger charge is -2.46. The van der Waals surface area contributed by atoms with Gasteiger partial charge in [-0.05, 0) is 62.3 Å². The number of cyclic esters (lactones) is 1. The SMILES string of the molecule is CO[C@@H](C)c1ncc(N2CCN(CC(F)(F)F)CC2)cc1-c1c2c3cc(c(F)cc3n1CC(F)(F)F)-c1csc(n1)C[C@H](NC(=O)[C@H](C(C)C)N1CCC3(CN(C(=O)[C@H](F)Cl)C3)C1=O)C(=O)N1CCC[C@H](N1)C(=O)OCC(C)(C)C2. The molecule has 9 rings (SSSR count). The van der Waals surface area contributed by atoms with E-state index >= 15 is 17.6 Å². The molecule has 0 aliphatic carbocycles. The van der Waals surface area contributed by atoms with Crippen LogP contribution in [0.5, 0.6) is 0 Å². The summed E-state index contributed by atoms with van der Waals surface area (Å²) in [5.74, 6) is -4.90. The number of alkyl halides is 8. The highest BCUT2D eigenvalue weighted by molar-refractivity contribution is 7.10. The van der Waals surface area contributed by atoms with Crippen LogP contribution in [-0.4, -0.2) is 173 Å². The topological polar surface area (TPSA) is 175 Å². The average Bonchev–Trinajstić information content (AvgIpc) is 4.20. The van der Waals surface area contributed by atoms with Crippen LogP contribution in [-0.2, 0) is 52.8 Å². The molecular formula is C53H63ClF8N10O7S. The molecule has 4 amide bonds. The molecule has 4 aromatic rings. The summed E-state index contributed by atoms with van der Waals surface area (Å²) < 4.78 is 129. The lowest BCUT2D eigenvalue weighted by atomic mass is 9.78. The monoisotopic (exact) mass is 1170 g/mol. The molecule has 4 saturated heterocycles. The first-order chi connectivity index (χ1) is 37.6. The Balaban J connectivity index is 1.13. The number of hydrogen-bond donors (Lipinski definition) is 2. The molecular weight excluding hydrogens is 1110 g/mol. The van der Waals surface area contributed by atoms with Crippen LogP contribution in [0, 0.1) is 22.6 Å². The van der Waals surface area contributed by atoms with Crippen molar-refractivity contribution in [1.82, 2.24) is 45.0 Å². The van der Waals surface area contributed by atoms with Crippen LogP contribution < -0.4 is 15.6 Å². The van der Waals surface area contributed by atoms with Gasteiger partial charge in [-0.15, -0.1) is 11.3 Å². The van der Waals surface area contributed by atoms with Crippen LogP contribution in [0.4, 0.5) is 40.8 Å². The molecule has 0 saturated carbocycles. The fraction of sp³-hybridized carbons (Fsp3) is 0.604. The number of thiazole rings is 1. The standard InChI is InChI=1S/C53H63ClF8N10O7S/c1-28(2)42(70-11-9-51(49(70)77)23-69(24-51)47(75)44(54)56)45(73)65-37-19-40-64-38(22-80-40)32-17-31-34(20-50(4,5)27-79-48(76)36-8-7-10-72(66-36)46(37)74)43(71(26-53(60,61)62)39(31)18-35(32)55)33-16-30(21-63-41(33)29(3)78-6)68-14-12-67(13-15-68)25-52(57,58)59/h16-18,21-22,28-29,36-37,42,44,66H,7-15,19-20,23-27H2,1-6H3,(H,65,73)/t29-,36-,37-,42-,44-/m0/s1. The van der Waals surface area contributed by atoms with Gasteiger partial charge in [0.1, 0.15) is 30.5 Å². The number of amides is 4. The van der Waals surface area contributed by atoms with Crippen molar-refractivity contribution in [1.29, 1.82) is 0 Å². The van der Waals surface area contributed by atoms with Crippen molar-refractivity contribution in [3.63, 3.8) is 0 Å². The highest BCUT2D eigenvalue weighted by Gasteiger charge is 2.58. The van der Waals surface area contributed by atoms with E-state index in [0.717, 1.165) is 26.9 Å². The number of nitrogens with zero attached hydrogens (tertiary/aromatic N) is 8. The van der Waals surface area contributed by atoms with E-state index in [2.05, 4.69) is 10.7 Å². The molecule has 0 radical (unpaired) electrons. The maximum absolute atomic E-state index is 17.0. The molecule has 436 valence electrons. The Bertz CT molecular complexity index is 3030. The van der Waals surface area contributed by atoms with Gasteiger partial charge in [0.2, 0.25) is 11.8 Å². The Labute approximate surface area is 465 Å². The van der Waals surface area contributed by atoms with Crippen molar-refractivity contribution in [3.05, 3.63) is 51.9 Å². The van der Waals surface area contributed by atoms with Gasteiger partial charge in [-0.25, -0.2) is 19.2 Å². The van der Waals surface area contributed by atoms with Gasteiger partial charge in [0.25, 0.3) is 17.4 Å². The summed E-state index contributed by atoms with van der Waals surface area (Å²) in [6.45, 7) is 6.12. The number of fused-ring (bicyclic) bond motifs is 6. The summed E-state index contributed by atoms with van der Waals surface area (Å²) in [5.41, 5.74) is -0.395. The summed E-state index contributed by atoms with van der Waals surface area (Å²) >= 11 is 6.42. The smallest absolute Gasteiger partial charge is 0.406 e. The number of hydrazine groups is 1. The van der Waals surface area contributed by atoms with Crippen molar-refractivity contribution < 1.29 is 68.6 Å². The second-order valence-corrected chi connectivity index (χ2v) is 24.0. The molecule has 0 unspecified atom stereocenters. The van der Waals surface area contributed by atoms with Crippen molar-refractivity contribution in [3.8, 4) is 22.5 Å². The molecule has 6 bridgehead atoms. The lowest BCUT2D eigenvalue weighted by Crippen LogP contribution is -2.64. The van der Waals surface area contributed by atoms with Gasteiger partial charge in [0, 0.05) is 93.2 Å². The first-order valence-corrected chi connectivity index (χ1v) is 27.7. The van der Waals surface area contributed by atoms with Crippen LogP contribution in [0.25, 0.3) is 33.4 Å². The third-order valence-corrected chi connectivity index (χ3v) is 16.8. The first kappa shape index (κ1) is 58.9. The minimum atomic E-state index is -4.86. The molecule has 5 aliphatic heterocycles. The molecule has 5 atom stereocenters. The van der Waals surface area contributed by atoms with Crippen molar-refractivity contribution in [2.75, 3.05) is 77.5 Å². The Morgan fingerprint density at radius 1 is 0.975 bits per heavy atom. The number of ether oxygens (including phenoxy) is 2. The third-order valence-electron chi connectivity index (χ3n) is 15.7. The number of aromatic nitrogens is 3. The second-order valence-electron chi connectivity index (χ2n) is 22.6. The Morgan fingerprint density at radius 2 is 1.68 bits per heavy atom. The van der Waals surface area contributed by atoms with Gasteiger partial charge in [0.05, 0.1) is 64.2 Å². The number of benzene rings is 1. The number of pyridine rings is 1. The van der Waals surface area contributed by atoms with E-state index in [1.165, 1.54) is 39.6 Å². The summed E-state index contributed by atoms with van der Waals surface area (Å²) in [7, 11) is 1.40. The van der Waals surface area contributed by atoms with Crippen LogP contribution in [0.15, 0.2) is 29.8 Å². The highest BCUT2D eigenvalue weighted by Crippen LogP contribution is 2.46. The number of methoxy groups -OCH3 is 1. The van der Waals surface area contributed by atoms with E-state index in [1.54, 1.807) is 45.6 Å². The molecule has 8 heterocycles. The van der Waals surface area contributed by atoms with Crippen LogP contribution in [0.3, 0.4) is 0 Å². The van der Waals surface area contributed by atoms with E-state index in [1.807, 2.05) is 0 Å².